The summed E-state index contributed by atoms with van der Waals surface area (Å²) >= 11 is 0. The van der Waals surface area contributed by atoms with E-state index in [0.717, 1.165) is 55.1 Å². The Morgan fingerprint density at radius 3 is 2.62 bits per heavy atom. The number of rotatable bonds is 3. The van der Waals surface area contributed by atoms with Crippen LogP contribution in [0, 0.1) is 23.2 Å². The number of methoxy groups -OCH3 is 1. The summed E-state index contributed by atoms with van der Waals surface area (Å²) in [7, 11) is 1.71. The Labute approximate surface area is 145 Å². The monoisotopic (exact) mass is 324 g/mol. The first kappa shape index (κ1) is 16.0. The quantitative estimate of drug-likeness (QED) is 0.839. The van der Waals surface area contributed by atoms with Crippen LogP contribution in [-0.2, 0) is 5.41 Å². The largest absolute Gasteiger partial charge is 0.496 e. The van der Waals surface area contributed by atoms with E-state index in [9.17, 15) is 5.26 Å². The zero-order chi connectivity index (χ0) is 16.6. The normalized spacial score (nSPS) is 32.2. The Balaban J connectivity index is 1.50. The predicted molar refractivity (Wildman–Crippen MR) is 94.9 cm³/mol. The first-order valence-corrected chi connectivity index (χ1v) is 9.54. The number of nitriles is 1. The Morgan fingerprint density at radius 1 is 1.12 bits per heavy atom. The van der Waals surface area contributed by atoms with E-state index in [1.165, 1.54) is 32.1 Å². The van der Waals surface area contributed by atoms with E-state index in [0.29, 0.717) is 0 Å². The third kappa shape index (κ3) is 2.62. The summed E-state index contributed by atoms with van der Waals surface area (Å²) in [6, 6.07) is 11.5. The smallest absolute Gasteiger partial charge is 0.123 e. The van der Waals surface area contributed by atoms with Gasteiger partial charge in [-0.15, -0.1) is 0 Å². The van der Waals surface area contributed by atoms with Gasteiger partial charge in [-0.25, -0.2) is 0 Å². The van der Waals surface area contributed by atoms with E-state index < -0.39 is 0 Å². The van der Waals surface area contributed by atoms with Crippen molar-refractivity contribution < 1.29 is 4.74 Å². The fourth-order valence-electron chi connectivity index (χ4n) is 5.57. The maximum absolute atomic E-state index is 9.99. The summed E-state index contributed by atoms with van der Waals surface area (Å²) < 4.78 is 5.54. The zero-order valence-corrected chi connectivity index (χ0v) is 14.7. The summed E-state index contributed by atoms with van der Waals surface area (Å²) in [5.74, 6) is 2.80. The molecule has 3 unspecified atom stereocenters. The average Bonchev–Trinajstić information content (AvgIpc) is 3.03. The molecule has 2 bridgehead atoms. The number of hydrogen-bond acceptors (Lipinski definition) is 3. The molecule has 3 fully saturated rings. The molecule has 3 heteroatoms. The highest BCUT2D eigenvalue weighted by molar-refractivity contribution is 5.44. The Morgan fingerprint density at radius 2 is 1.88 bits per heavy atom. The minimum absolute atomic E-state index is 0.379. The van der Waals surface area contributed by atoms with E-state index in [4.69, 9.17) is 4.74 Å². The summed E-state index contributed by atoms with van der Waals surface area (Å²) in [6.45, 7) is 2.11. The Hall–Kier alpha value is -1.53. The second-order valence-corrected chi connectivity index (χ2v) is 8.01. The van der Waals surface area contributed by atoms with Gasteiger partial charge in [-0.1, -0.05) is 24.6 Å². The summed E-state index contributed by atoms with van der Waals surface area (Å²) in [4.78, 5) is 2.71. The van der Waals surface area contributed by atoms with E-state index in [1.807, 2.05) is 18.2 Å². The van der Waals surface area contributed by atoms with Crippen molar-refractivity contribution in [3.8, 4) is 11.8 Å². The molecule has 3 atom stereocenters. The van der Waals surface area contributed by atoms with Crippen LogP contribution in [0.2, 0.25) is 0 Å². The van der Waals surface area contributed by atoms with Crippen LogP contribution in [0.3, 0.4) is 0 Å². The number of benzene rings is 1. The Bertz CT molecular complexity index is 627. The topological polar surface area (TPSA) is 36.3 Å². The highest BCUT2D eigenvalue weighted by Gasteiger charge is 2.43. The van der Waals surface area contributed by atoms with Crippen molar-refractivity contribution in [3.05, 3.63) is 29.8 Å². The van der Waals surface area contributed by atoms with E-state index in [-0.39, 0.29) is 5.41 Å². The van der Waals surface area contributed by atoms with Gasteiger partial charge in [-0.05, 0) is 56.4 Å². The van der Waals surface area contributed by atoms with Crippen LogP contribution >= 0.6 is 0 Å². The number of likely N-dealkylation sites (tertiary alicyclic amines) is 1. The molecule has 128 valence electrons. The maximum Gasteiger partial charge on any atom is 0.123 e. The molecule has 4 rings (SSSR count). The lowest BCUT2D eigenvalue weighted by Crippen LogP contribution is -2.49. The first-order valence-electron chi connectivity index (χ1n) is 9.54. The van der Waals surface area contributed by atoms with Crippen molar-refractivity contribution in [2.75, 3.05) is 20.2 Å². The molecule has 2 aliphatic carbocycles. The zero-order valence-electron chi connectivity index (χ0n) is 14.7. The molecule has 1 aliphatic heterocycles. The molecule has 24 heavy (non-hydrogen) atoms. The molecule has 1 heterocycles. The van der Waals surface area contributed by atoms with Crippen molar-refractivity contribution >= 4 is 0 Å². The van der Waals surface area contributed by atoms with Gasteiger partial charge in [-0.3, -0.25) is 4.90 Å². The maximum atomic E-state index is 9.99. The third-order valence-electron chi connectivity index (χ3n) is 6.95. The number of piperidine rings is 1. The van der Waals surface area contributed by atoms with Gasteiger partial charge >= 0.3 is 0 Å². The number of para-hydroxylation sites is 1. The molecule has 0 aromatic heterocycles. The van der Waals surface area contributed by atoms with Crippen molar-refractivity contribution in [2.45, 2.75) is 56.4 Å². The lowest BCUT2D eigenvalue weighted by atomic mass is 9.72. The van der Waals surface area contributed by atoms with Gasteiger partial charge in [-0.2, -0.15) is 5.26 Å². The molecule has 0 radical (unpaired) electrons. The number of ether oxygens (including phenoxy) is 1. The third-order valence-corrected chi connectivity index (χ3v) is 6.95. The summed E-state index contributed by atoms with van der Waals surface area (Å²) in [5, 5.41) is 9.99. The average molecular weight is 324 g/mol. The molecule has 1 saturated heterocycles. The van der Waals surface area contributed by atoms with E-state index >= 15 is 0 Å². The second kappa shape index (κ2) is 6.41. The summed E-state index contributed by atoms with van der Waals surface area (Å²) in [6.07, 6.45) is 9.00. The molecule has 1 aromatic carbocycles. The van der Waals surface area contributed by atoms with Gasteiger partial charge in [0.15, 0.2) is 0 Å². The lowest BCUT2D eigenvalue weighted by molar-refractivity contribution is 0.0732. The molecule has 3 aliphatic rings. The van der Waals surface area contributed by atoms with Crippen LogP contribution in [0.4, 0.5) is 0 Å². The molecular formula is C21H28N2O. The van der Waals surface area contributed by atoms with Gasteiger partial charge in [0.2, 0.25) is 0 Å². The standard InChI is InChI=1S/C21H28N2O/c1-24-20-5-3-2-4-18(20)21(15-22)10-12-23(13-11-21)19-9-7-16-6-8-17(19)14-16/h2-5,16-17,19H,6-14H2,1H3. The van der Waals surface area contributed by atoms with E-state index in [2.05, 4.69) is 17.0 Å². The van der Waals surface area contributed by atoms with Crippen LogP contribution in [0.1, 0.15) is 50.5 Å². The van der Waals surface area contributed by atoms with Crippen molar-refractivity contribution in [2.24, 2.45) is 11.8 Å². The predicted octanol–water partition coefficient (Wildman–Crippen LogP) is 4.13. The summed E-state index contributed by atoms with van der Waals surface area (Å²) in [5.41, 5.74) is 0.704. The fourth-order valence-corrected chi connectivity index (χ4v) is 5.57. The molecule has 0 N–H and O–H groups in total. The fraction of sp³-hybridized carbons (Fsp3) is 0.667. The minimum atomic E-state index is -0.379. The molecular weight excluding hydrogens is 296 g/mol. The van der Waals surface area contributed by atoms with Gasteiger partial charge in [0, 0.05) is 24.7 Å². The van der Waals surface area contributed by atoms with Crippen LogP contribution in [0.5, 0.6) is 5.75 Å². The van der Waals surface area contributed by atoms with Crippen molar-refractivity contribution in [1.82, 2.24) is 4.90 Å². The van der Waals surface area contributed by atoms with Gasteiger partial charge in [0.05, 0.1) is 18.6 Å². The Kier molecular flexibility index (Phi) is 4.26. The molecule has 1 aromatic rings. The molecule has 3 nitrogen and oxygen atoms in total. The van der Waals surface area contributed by atoms with Crippen LogP contribution < -0.4 is 4.74 Å². The second-order valence-electron chi connectivity index (χ2n) is 8.01. The van der Waals surface area contributed by atoms with Gasteiger partial charge < -0.3 is 4.74 Å². The van der Waals surface area contributed by atoms with Crippen LogP contribution in [-0.4, -0.2) is 31.1 Å². The number of fused-ring (bicyclic) bond motifs is 2. The molecule has 0 spiro atoms. The molecule has 0 amide bonds. The van der Waals surface area contributed by atoms with E-state index in [1.54, 1.807) is 7.11 Å². The SMILES string of the molecule is COc1ccccc1C1(C#N)CCN(C2CCC3CCC2C3)CC1. The highest BCUT2D eigenvalue weighted by atomic mass is 16.5. The van der Waals surface area contributed by atoms with Crippen molar-refractivity contribution in [1.29, 1.82) is 5.26 Å². The first-order chi connectivity index (χ1) is 11.8. The number of hydrogen-bond donors (Lipinski definition) is 0. The van der Waals surface area contributed by atoms with Gasteiger partial charge in [0.25, 0.3) is 0 Å². The lowest BCUT2D eigenvalue weighted by Gasteiger charge is -2.45. The number of nitrogens with zero attached hydrogens (tertiary/aromatic N) is 2. The van der Waals surface area contributed by atoms with Crippen molar-refractivity contribution in [3.63, 3.8) is 0 Å². The van der Waals surface area contributed by atoms with Crippen LogP contribution in [0.25, 0.3) is 0 Å². The minimum Gasteiger partial charge on any atom is -0.496 e. The van der Waals surface area contributed by atoms with Crippen LogP contribution in [0.15, 0.2) is 24.3 Å². The molecule has 2 saturated carbocycles. The highest BCUT2D eigenvalue weighted by Crippen LogP contribution is 2.46. The van der Waals surface area contributed by atoms with Gasteiger partial charge in [0.1, 0.15) is 5.75 Å².